The zero-order chi connectivity index (χ0) is 11.9. The molecule has 3 heteroatoms. The molecule has 0 aliphatic carbocycles. The molecule has 0 aliphatic rings. The van der Waals surface area contributed by atoms with Crippen molar-refractivity contribution in [2.24, 2.45) is 5.92 Å². The predicted molar refractivity (Wildman–Crippen MR) is 68.4 cm³/mol. The number of hydrogen-bond donors (Lipinski definition) is 2. The van der Waals surface area contributed by atoms with Gasteiger partial charge in [0.2, 0.25) is 0 Å². The summed E-state index contributed by atoms with van der Waals surface area (Å²) in [4.78, 5) is 0. The number of hydrogen-bond acceptors (Lipinski definition) is 3. The summed E-state index contributed by atoms with van der Waals surface area (Å²) in [5.41, 5.74) is 0. The molecule has 0 atom stereocenters. The van der Waals surface area contributed by atoms with E-state index in [0.29, 0.717) is 0 Å². The first-order valence-electron chi connectivity index (χ1n) is 6.26. The third kappa shape index (κ3) is 20.1. The van der Waals surface area contributed by atoms with Gasteiger partial charge in [-0.05, 0) is 19.0 Å². The first kappa shape index (κ1) is 17.3. The molecule has 15 heavy (non-hydrogen) atoms. The zero-order valence-corrected chi connectivity index (χ0v) is 11.2. The van der Waals surface area contributed by atoms with E-state index in [-0.39, 0.29) is 0 Å². The Labute approximate surface area is 96.0 Å². The molecule has 0 aromatic rings. The van der Waals surface area contributed by atoms with Gasteiger partial charge in [-0.15, -0.1) is 0 Å². The molecule has 0 radical (unpaired) electrons. The van der Waals surface area contributed by atoms with Gasteiger partial charge < -0.3 is 15.4 Å². The zero-order valence-electron chi connectivity index (χ0n) is 11.2. The van der Waals surface area contributed by atoms with Crippen LogP contribution in [0.25, 0.3) is 0 Å². The van der Waals surface area contributed by atoms with Gasteiger partial charge in [-0.2, -0.15) is 0 Å². The van der Waals surface area contributed by atoms with Crippen molar-refractivity contribution in [3.8, 4) is 0 Å². The molecule has 94 valence electrons. The summed E-state index contributed by atoms with van der Waals surface area (Å²) in [6.45, 7) is 16.2. The summed E-state index contributed by atoms with van der Waals surface area (Å²) in [6, 6.07) is 0. The van der Waals surface area contributed by atoms with Crippen LogP contribution in [0.15, 0.2) is 0 Å². The minimum absolute atomic E-state index is 0.724. The van der Waals surface area contributed by atoms with Crippen molar-refractivity contribution in [1.29, 1.82) is 0 Å². The Bertz CT molecular complexity index is 97.6. The van der Waals surface area contributed by atoms with Crippen LogP contribution in [0.2, 0.25) is 0 Å². The number of likely N-dealkylation sites (N-methyl/N-ethyl adjacent to an activating group) is 1. The van der Waals surface area contributed by atoms with Gasteiger partial charge in [-0.3, -0.25) is 0 Å². The second-order valence-corrected chi connectivity index (χ2v) is 3.56. The summed E-state index contributed by atoms with van der Waals surface area (Å²) < 4.78 is 5.39. The molecule has 0 heterocycles. The van der Waals surface area contributed by atoms with Gasteiger partial charge in [0.25, 0.3) is 0 Å². The molecular weight excluding hydrogens is 188 g/mol. The van der Waals surface area contributed by atoms with Crippen LogP contribution in [0.1, 0.15) is 34.6 Å². The van der Waals surface area contributed by atoms with E-state index in [1.165, 1.54) is 0 Å². The highest BCUT2D eigenvalue weighted by Gasteiger charge is 1.92. The summed E-state index contributed by atoms with van der Waals surface area (Å²) in [5.74, 6) is 0.724. The van der Waals surface area contributed by atoms with Crippen molar-refractivity contribution in [3.63, 3.8) is 0 Å². The van der Waals surface area contributed by atoms with Crippen molar-refractivity contribution < 1.29 is 4.74 Å². The number of rotatable bonds is 9. The van der Waals surface area contributed by atoms with Crippen molar-refractivity contribution in [2.75, 3.05) is 39.4 Å². The molecule has 0 aliphatic heterocycles. The predicted octanol–water partition coefficient (Wildman–Crippen LogP) is 1.88. The fraction of sp³-hybridized carbons (Fsp3) is 1.00. The fourth-order valence-corrected chi connectivity index (χ4v) is 0.958. The summed E-state index contributed by atoms with van der Waals surface area (Å²) in [7, 11) is 0. The maximum Gasteiger partial charge on any atom is 0.0591 e. The van der Waals surface area contributed by atoms with Crippen LogP contribution in [0, 0.1) is 5.92 Å². The molecule has 0 unspecified atom stereocenters. The van der Waals surface area contributed by atoms with Gasteiger partial charge in [0.1, 0.15) is 0 Å². The molecule has 0 amide bonds. The average molecular weight is 218 g/mol. The second kappa shape index (κ2) is 16.3. The Kier molecular flexibility index (Phi) is 18.8. The third-order valence-corrected chi connectivity index (χ3v) is 1.65. The van der Waals surface area contributed by atoms with E-state index < -0.39 is 0 Å². The van der Waals surface area contributed by atoms with E-state index in [2.05, 4.69) is 31.4 Å². The van der Waals surface area contributed by atoms with Crippen LogP contribution < -0.4 is 10.6 Å². The lowest BCUT2D eigenvalue weighted by molar-refractivity contribution is 0.137. The van der Waals surface area contributed by atoms with Crippen LogP contribution in [-0.4, -0.2) is 39.4 Å². The van der Waals surface area contributed by atoms with Gasteiger partial charge in [-0.1, -0.05) is 34.6 Å². The molecular formula is C12H30N2O. The Hall–Kier alpha value is -0.120. The Morgan fingerprint density at radius 1 is 1.00 bits per heavy atom. The molecule has 0 spiro atoms. The van der Waals surface area contributed by atoms with Crippen LogP contribution >= 0.6 is 0 Å². The smallest absolute Gasteiger partial charge is 0.0591 e. The maximum absolute atomic E-state index is 5.39. The van der Waals surface area contributed by atoms with Crippen LogP contribution in [0.5, 0.6) is 0 Å². The van der Waals surface area contributed by atoms with Gasteiger partial charge in [0.05, 0.1) is 13.2 Å². The van der Waals surface area contributed by atoms with Gasteiger partial charge in [0.15, 0.2) is 0 Å². The quantitative estimate of drug-likeness (QED) is 0.580. The van der Waals surface area contributed by atoms with Gasteiger partial charge >= 0.3 is 0 Å². The molecule has 0 bridgehead atoms. The van der Waals surface area contributed by atoms with E-state index in [4.69, 9.17) is 4.74 Å². The van der Waals surface area contributed by atoms with Crippen molar-refractivity contribution in [2.45, 2.75) is 34.6 Å². The monoisotopic (exact) mass is 218 g/mol. The normalized spacial score (nSPS) is 10.0. The van der Waals surface area contributed by atoms with Gasteiger partial charge in [0, 0.05) is 13.1 Å². The largest absolute Gasteiger partial charge is 0.379 e. The highest BCUT2D eigenvalue weighted by Crippen LogP contribution is 1.85. The minimum Gasteiger partial charge on any atom is -0.379 e. The molecule has 0 aromatic carbocycles. The molecule has 0 aromatic heterocycles. The third-order valence-electron chi connectivity index (χ3n) is 1.65. The molecule has 0 fully saturated rings. The van der Waals surface area contributed by atoms with Gasteiger partial charge in [-0.25, -0.2) is 0 Å². The molecule has 2 N–H and O–H groups in total. The van der Waals surface area contributed by atoms with Crippen LogP contribution in [0.4, 0.5) is 0 Å². The summed E-state index contributed by atoms with van der Waals surface area (Å²) >= 11 is 0. The lowest BCUT2D eigenvalue weighted by atomic mass is 10.2. The molecule has 0 rings (SSSR count). The Morgan fingerprint density at radius 3 is 2.00 bits per heavy atom. The lowest BCUT2D eigenvalue weighted by Crippen LogP contribution is -2.25. The first-order chi connectivity index (χ1) is 7.27. The average Bonchev–Trinajstić information content (AvgIpc) is 2.24. The van der Waals surface area contributed by atoms with E-state index >= 15 is 0 Å². The van der Waals surface area contributed by atoms with E-state index in [1.54, 1.807) is 0 Å². The van der Waals surface area contributed by atoms with Crippen LogP contribution in [0.3, 0.4) is 0 Å². The molecule has 3 nitrogen and oxygen atoms in total. The van der Waals surface area contributed by atoms with Crippen molar-refractivity contribution in [3.05, 3.63) is 0 Å². The first-order valence-corrected chi connectivity index (χ1v) is 6.26. The summed E-state index contributed by atoms with van der Waals surface area (Å²) in [6.07, 6.45) is 0. The highest BCUT2D eigenvalue weighted by molar-refractivity contribution is 4.50. The Morgan fingerprint density at radius 2 is 1.53 bits per heavy atom. The minimum atomic E-state index is 0.724. The Balaban J connectivity index is 0. The second-order valence-electron chi connectivity index (χ2n) is 3.56. The number of ether oxygens (including phenoxy) is 1. The van der Waals surface area contributed by atoms with E-state index in [0.717, 1.165) is 45.3 Å². The van der Waals surface area contributed by atoms with Crippen molar-refractivity contribution in [1.82, 2.24) is 10.6 Å². The van der Waals surface area contributed by atoms with Crippen LogP contribution in [-0.2, 0) is 4.74 Å². The molecule has 0 saturated carbocycles. The highest BCUT2D eigenvalue weighted by atomic mass is 16.5. The van der Waals surface area contributed by atoms with E-state index in [9.17, 15) is 0 Å². The standard InChI is InChI=1S/C10H24N2O.C2H6/c1-4-11-5-7-13-8-6-12-9-10(2)3;1-2/h10-12H,4-9H2,1-3H3;1-2H3. The van der Waals surface area contributed by atoms with Crippen molar-refractivity contribution >= 4 is 0 Å². The lowest BCUT2D eigenvalue weighted by Gasteiger charge is -2.07. The topological polar surface area (TPSA) is 33.3 Å². The van der Waals surface area contributed by atoms with E-state index in [1.807, 2.05) is 13.8 Å². The number of nitrogens with one attached hydrogen (secondary N) is 2. The fourth-order valence-electron chi connectivity index (χ4n) is 0.958. The summed E-state index contributed by atoms with van der Waals surface area (Å²) in [5, 5.41) is 6.54. The molecule has 0 saturated heterocycles. The SMILES string of the molecule is CC.CCNCCOCCNCC(C)C. The maximum atomic E-state index is 5.39.